The van der Waals surface area contributed by atoms with E-state index in [4.69, 9.17) is 5.73 Å². The lowest BCUT2D eigenvalue weighted by Crippen LogP contribution is -2.38. The molecule has 1 aliphatic carbocycles. The molecule has 1 saturated heterocycles. The molecule has 2 rings (SSSR count). The minimum Gasteiger partial charge on any atom is -0.351 e. The number of urea groups is 1. The maximum atomic E-state index is 11.5. The molecule has 1 fully saturated rings. The van der Waals surface area contributed by atoms with Gasteiger partial charge in [-0.2, -0.15) is 0 Å². The largest absolute Gasteiger partial charge is 0.351 e. The Balaban J connectivity index is 2.17. The van der Waals surface area contributed by atoms with Crippen LogP contribution in [-0.4, -0.2) is 22.8 Å². The zero-order chi connectivity index (χ0) is 10.1. The Morgan fingerprint density at radius 3 is 3.14 bits per heavy atom. The molecule has 0 spiro atoms. The molecule has 0 bridgehead atoms. The Kier molecular flexibility index (Phi) is 2.50. The fourth-order valence-electron chi connectivity index (χ4n) is 1.99. The average molecular weight is 212 g/mol. The molecule has 0 aromatic rings. The van der Waals surface area contributed by atoms with Crippen LogP contribution in [0.3, 0.4) is 0 Å². The van der Waals surface area contributed by atoms with Gasteiger partial charge in [0.1, 0.15) is 5.78 Å². The summed E-state index contributed by atoms with van der Waals surface area (Å²) >= 11 is 1.68. The molecule has 0 aromatic carbocycles. The molecule has 1 heterocycles. The lowest BCUT2D eigenvalue weighted by molar-refractivity contribution is -0.118. The first kappa shape index (κ1) is 9.58. The van der Waals surface area contributed by atoms with Crippen molar-refractivity contribution in [3.05, 3.63) is 11.8 Å². The summed E-state index contributed by atoms with van der Waals surface area (Å²) in [4.78, 5) is 22.2. The van der Waals surface area contributed by atoms with Crippen LogP contribution in [0.25, 0.3) is 0 Å². The number of primary amides is 1. The molecule has 0 saturated carbocycles. The molecular formula is C9H12N2O2S. The summed E-state index contributed by atoms with van der Waals surface area (Å²) in [5.41, 5.74) is 5.90. The van der Waals surface area contributed by atoms with E-state index in [1.54, 1.807) is 17.8 Å². The normalized spacial score (nSPS) is 30.9. The van der Waals surface area contributed by atoms with Crippen LogP contribution >= 0.6 is 11.8 Å². The summed E-state index contributed by atoms with van der Waals surface area (Å²) in [5.74, 6) is 1.43. The molecule has 4 nitrogen and oxygen atoms in total. The van der Waals surface area contributed by atoms with E-state index in [9.17, 15) is 9.59 Å². The lowest BCUT2D eigenvalue weighted by Gasteiger charge is -2.24. The maximum Gasteiger partial charge on any atom is 0.316 e. The molecule has 2 unspecified atom stereocenters. The van der Waals surface area contributed by atoms with Crippen molar-refractivity contribution in [2.24, 2.45) is 11.7 Å². The highest BCUT2D eigenvalue weighted by Crippen LogP contribution is 2.39. The second kappa shape index (κ2) is 3.65. The molecule has 14 heavy (non-hydrogen) atoms. The SMILES string of the molecule is NC(=O)NC1=CCC(=O)C2SCCC12. The van der Waals surface area contributed by atoms with Gasteiger partial charge >= 0.3 is 6.03 Å². The van der Waals surface area contributed by atoms with Crippen molar-refractivity contribution in [1.29, 1.82) is 0 Å². The van der Waals surface area contributed by atoms with Crippen molar-refractivity contribution in [1.82, 2.24) is 5.32 Å². The molecule has 5 heteroatoms. The smallest absolute Gasteiger partial charge is 0.316 e. The quantitative estimate of drug-likeness (QED) is 0.669. The van der Waals surface area contributed by atoms with Crippen molar-refractivity contribution < 1.29 is 9.59 Å². The number of nitrogens with one attached hydrogen (secondary N) is 1. The van der Waals surface area contributed by atoms with Crippen LogP contribution in [0.15, 0.2) is 11.8 Å². The number of hydrogen-bond donors (Lipinski definition) is 2. The highest BCUT2D eigenvalue weighted by Gasteiger charge is 2.38. The molecule has 76 valence electrons. The van der Waals surface area contributed by atoms with E-state index in [1.807, 2.05) is 0 Å². The van der Waals surface area contributed by atoms with Crippen LogP contribution in [0.4, 0.5) is 4.79 Å². The summed E-state index contributed by atoms with van der Waals surface area (Å²) in [6.07, 6.45) is 3.16. The number of ketones is 1. The van der Waals surface area contributed by atoms with E-state index in [0.717, 1.165) is 17.9 Å². The van der Waals surface area contributed by atoms with Gasteiger partial charge in [-0.3, -0.25) is 4.79 Å². The second-order valence-electron chi connectivity index (χ2n) is 3.51. The predicted molar refractivity (Wildman–Crippen MR) is 54.8 cm³/mol. The fourth-order valence-corrected chi connectivity index (χ4v) is 3.43. The van der Waals surface area contributed by atoms with Gasteiger partial charge in [0.25, 0.3) is 0 Å². The fraction of sp³-hybridized carbons (Fsp3) is 0.556. The van der Waals surface area contributed by atoms with Crippen molar-refractivity contribution in [2.45, 2.75) is 18.1 Å². The third-order valence-electron chi connectivity index (χ3n) is 2.60. The lowest BCUT2D eigenvalue weighted by atomic mass is 9.89. The Hall–Kier alpha value is -0.970. The van der Waals surface area contributed by atoms with Gasteiger partial charge in [-0.05, 0) is 12.2 Å². The molecular weight excluding hydrogens is 200 g/mol. The first-order chi connectivity index (χ1) is 6.68. The number of hydrogen-bond acceptors (Lipinski definition) is 3. The summed E-state index contributed by atoms with van der Waals surface area (Å²) in [6.45, 7) is 0. The van der Waals surface area contributed by atoms with Crippen molar-refractivity contribution in [2.75, 3.05) is 5.75 Å². The molecule has 0 radical (unpaired) electrons. The number of fused-ring (bicyclic) bond motifs is 1. The van der Waals surface area contributed by atoms with E-state index >= 15 is 0 Å². The average Bonchev–Trinajstić information content (AvgIpc) is 2.58. The van der Waals surface area contributed by atoms with Crippen LogP contribution in [0, 0.1) is 5.92 Å². The first-order valence-electron chi connectivity index (χ1n) is 4.59. The minimum absolute atomic E-state index is 0.0434. The Morgan fingerprint density at radius 2 is 2.43 bits per heavy atom. The molecule has 3 N–H and O–H groups in total. The number of Topliss-reactive ketones (excluding diaryl/α,β-unsaturated/α-hetero) is 1. The topological polar surface area (TPSA) is 72.2 Å². The minimum atomic E-state index is -0.541. The Bertz CT molecular complexity index is 314. The Labute approximate surface area is 86.3 Å². The van der Waals surface area contributed by atoms with Crippen molar-refractivity contribution in [3.63, 3.8) is 0 Å². The van der Waals surface area contributed by atoms with Crippen LogP contribution in [0.5, 0.6) is 0 Å². The number of rotatable bonds is 1. The van der Waals surface area contributed by atoms with E-state index in [1.165, 1.54) is 0 Å². The van der Waals surface area contributed by atoms with Gasteiger partial charge in [-0.25, -0.2) is 4.79 Å². The summed E-state index contributed by atoms with van der Waals surface area (Å²) < 4.78 is 0. The van der Waals surface area contributed by atoms with Crippen molar-refractivity contribution in [3.8, 4) is 0 Å². The zero-order valence-corrected chi connectivity index (χ0v) is 8.47. The van der Waals surface area contributed by atoms with Gasteiger partial charge in [0.2, 0.25) is 0 Å². The Morgan fingerprint density at radius 1 is 1.64 bits per heavy atom. The third-order valence-corrected chi connectivity index (χ3v) is 4.02. The van der Waals surface area contributed by atoms with Gasteiger partial charge < -0.3 is 11.1 Å². The van der Waals surface area contributed by atoms with Gasteiger partial charge in [-0.15, -0.1) is 11.8 Å². The van der Waals surface area contributed by atoms with Crippen LogP contribution < -0.4 is 11.1 Å². The van der Waals surface area contributed by atoms with Gasteiger partial charge in [0, 0.05) is 18.0 Å². The van der Waals surface area contributed by atoms with Gasteiger partial charge in [0.05, 0.1) is 5.25 Å². The van der Waals surface area contributed by atoms with E-state index < -0.39 is 6.03 Å². The predicted octanol–water partition coefficient (Wildman–Crippen LogP) is 0.633. The molecule has 1 aliphatic heterocycles. The highest BCUT2D eigenvalue weighted by atomic mass is 32.2. The molecule has 2 aliphatic rings. The van der Waals surface area contributed by atoms with Crippen LogP contribution in [0.2, 0.25) is 0 Å². The number of nitrogens with two attached hydrogens (primary N) is 1. The van der Waals surface area contributed by atoms with Crippen molar-refractivity contribution >= 4 is 23.6 Å². The highest BCUT2D eigenvalue weighted by molar-refractivity contribution is 8.00. The monoisotopic (exact) mass is 212 g/mol. The summed E-state index contributed by atoms with van der Waals surface area (Å²) in [5, 5.41) is 2.65. The maximum absolute atomic E-state index is 11.5. The zero-order valence-electron chi connectivity index (χ0n) is 7.66. The number of amides is 2. The number of thioether (sulfide) groups is 1. The summed E-state index contributed by atoms with van der Waals surface area (Å²) in [6, 6.07) is -0.541. The molecule has 2 atom stereocenters. The van der Waals surface area contributed by atoms with E-state index in [2.05, 4.69) is 5.32 Å². The van der Waals surface area contributed by atoms with Gasteiger partial charge in [0.15, 0.2) is 0 Å². The standard InChI is InChI=1S/C9H12N2O2S/c10-9(13)11-6-1-2-7(12)8-5(6)3-4-14-8/h1,5,8H,2-4H2,(H3,10,11,13). The molecule has 2 amide bonds. The molecule has 0 aromatic heterocycles. The first-order valence-corrected chi connectivity index (χ1v) is 5.64. The number of carbonyl (C=O) groups excluding carboxylic acids is 2. The number of allylic oxidation sites excluding steroid dienone is 2. The van der Waals surface area contributed by atoms with Gasteiger partial charge in [-0.1, -0.05) is 6.08 Å². The van der Waals surface area contributed by atoms with Crippen LogP contribution in [-0.2, 0) is 4.79 Å². The van der Waals surface area contributed by atoms with E-state index in [0.29, 0.717) is 6.42 Å². The third kappa shape index (κ3) is 1.64. The van der Waals surface area contributed by atoms with Crippen LogP contribution in [0.1, 0.15) is 12.8 Å². The second-order valence-corrected chi connectivity index (χ2v) is 4.76. The summed E-state index contributed by atoms with van der Waals surface area (Å²) in [7, 11) is 0. The van der Waals surface area contributed by atoms with E-state index in [-0.39, 0.29) is 17.0 Å². The number of carbonyl (C=O) groups is 2.